The monoisotopic (exact) mass is 306 g/mol. The topological polar surface area (TPSA) is 70.8 Å². The number of nitrogens with one attached hydrogen (secondary N) is 1. The molecule has 0 spiro atoms. The number of aromatic nitrogens is 2. The van der Waals surface area contributed by atoms with Crippen molar-refractivity contribution in [3.8, 4) is 11.8 Å². The van der Waals surface area contributed by atoms with Crippen LogP contribution in [0.1, 0.15) is 13.8 Å². The fraction of sp³-hybridized carbons (Fsp3) is 0.308. The summed E-state index contributed by atoms with van der Waals surface area (Å²) >= 11 is 2.82. The van der Waals surface area contributed by atoms with Crippen LogP contribution in [0.4, 0.5) is 10.8 Å². The number of para-hydroxylation sites is 2. The second-order valence-electron chi connectivity index (χ2n) is 3.82. The van der Waals surface area contributed by atoms with Crippen LogP contribution in [-0.4, -0.2) is 22.1 Å². The third-order valence-corrected chi connectivity index (χ3v) is 4.21. The van der Waals surface area contributed by atoms with Gasteiger partial charge < -0.3 is 10.1 Å². The van der Waals surface area contributed by atoms with E-state index in [0.717, 1.165) is 15.8 Å². The molecule has 0 fully saturated rings. The molecule has 5 nitrogen and oxygen atoms in total. The Bertz CT molecular complexity index is 608. The average Bonchev–Trinajstić information content (AvgIpc) is 2.88. The van der Waals surface area contributed by atoms with Crippen LogP contribution in [0.25, 0.3) is 0 Å². The van der Waals surface area contributed by atoms with Gasteiger partial charge in [0.2, 0.25) is 5.13 Å². The molecule has 1 aromatic carbocycles. The lowest BCUT2D eigenvalue weighted by molar-refractivity contribution is 0.342. The molecule has 0 saturated heterocycles. The Morgan fingerprint density at radius 2 is 2.25 bits per heavy atom. The summed E-state index contributed by atoms with van der Waals surface area (Å²) in [6, 6.07) is 9.84. The molecule has 0 amide bonds. The first-order valence-corrected chi connectivity index (χ1v) is 7.81. The Morgan fingerprint density at radius 3 is 3.00 bits per heavy atom. The van der Waals surface area contributed by atoms with E-state index in [-0.39, 0.29) is 5.25 Å². The van der Waals surface area contributed by atoms with E-state index >= 15 is 0 Å². The third-order valence-electron chi connectivity index (χ3n) is 2.29. The number of nitrogens with zero attached hydrogens (tertiary/aromatic N) is 3. The number of ether oxygens (including phenoxy) is 1. The normalized spacial score (nSPS) is 11.7. The van der Waals surface area contributed by atoms with E-state index in [0.29, 0.717) is 11.7 Å². The number of anilines is 2. The van der Waals surface area contributed by atoms with E-state index in [2.05, 4.69) is 21.6 Å². The first kappa shape index (κ1) is 14.6. The Morgan fingerprint density at radius 1 is 1.45 bits per heavy atom. The Labute approximate surface area is 126 Å². The average molecular weight is 306 g/mol. The molecule has 0 aliphatic carbocycles. The summed E-state index contributed by atoms with van der Waals surface area (Å²) < 4.78 is 6.32. The van der Waals surface area contributed by atoms with Crippen molar-refractivity contribution in [3.63, 3.8) is 0 Å². The maximum absolute atomic E-state index is 8.79. The first-order valence-electron chi connectivity index (χ1n) is 6.11. The van der Waals surface area contributed by atoms with Gasteiger partial charge in [-0.05, 0) is 26.0 Å². The predicted molar refractivity (Wildman–Crippen MR) is 81.7 cm³/mol. The minimum Gasteiger partial charge on any atom is -0.492 e. The highest BCUT2D eigenvalue weighted by Gasteiger charge is 2.10. The van der Waals surface area contributed by atoms with Crippen LogP contribution in [0, 0.1) is 11.3 Å². The molecular formula is C13H14N4OS2. The summed E-state index contributed by atoms with van der Waals surface area (Å²) in [6.45, 7) is 4.39. The van der Waals surface area contributed by atoms with Crippen LogP contribution >= 0.6 is 23.1 Å². The van der Waals surface area contributed by atoms with Gasteiger partial charge in [0.25, 0.3) is 0 Å². The number of nitriles is 1. The molecule has 1 atom stereocenters. The summed E-state index contributed by atoms with van der Waals surface area (Å²) in [4.78, 5) is 0. The molecule has 2 aromatic rings. The second kappa shape index (κ2) is 7.12. The molecule has 1 aromatic heterocycles. The SMILES string of the molecule is CCOc1ccccc1Nc1nnc(SC(C)C#N)s1. The molecule has 2 rings (SSSR count). The van der Waals surface area contributed by atoms with Crippen molar-refractivity contribution >= 4 is 33.9 Å². The van der Waals surface area contributed by atoms with E-state index in [9.17, 15) is 0 Å². The zero-order chi connectivity index (χ0) is 14.4. The molecule has 0 aliphatic rings. The highest BCUT2D eigenvalue weighted by atomic mass is 32.2. The standard InChI is InChI=1S/C13H14N4OS2/c1-3-18-11-7-5-4-6-10(11)15-12-16-17-13(20-12)19-9(2)8-14/h4-7,9H,3H2,1-2H3,(H,15,16). The highest BCUT2D eigenvalue weighted by molar-refractivity contribution is 8.01. The van der Waals surface area contributed by atoms with Gasteiger partial charge in [-0.1, -0.05) is 35.2 Å². The molecule has 0 radical (unpaired) electrons. The zero-order valence-corrected chi connectivity index (χ0v) is 12.8. The van der Waals surface area contributed by atoms with Crippen molar-refractivity contribution in [2.24, 2.45) is 0 Å². The van der Waals surface area contributed by atoms with Gasteiger partial charge in [0.15, 0.2) is 4.34 Å². The summed E-state index contributed by atoms with van der Waals surface area (Å²) in [5.74, 6) is 0.782. The molecular weight excluding hydrogens is 292 g/mol. The molecule has 0 bridgehead atoms. The van der Waals surface area contributed by atoms with Crippen molar-refractivity contribution in [1.82, 2.24) is 10.2 Å². The quantitative estimate of drug-likeness (QED) is 0.821. The molecule has 0 aliphatic heterocycles. The maximum atomic E-state index is 8.79. The second-order valence-corrected chi connectivity index (χ2v) is 6.38. The first-order chi connectivity index (χ1) is 9.72. The molecule has 1 heterocycles. The third kappa shape index (κ3) is 3.85. The van der Waals surface area contributed by atoms with Crippen molar-refractivity contribution in [1.29, 1.82) is 5.26 Å². The van der Waals surface area contributed by atoms with Crippen LogP contribution in [0.5, 0.6) is 5.75 Å². The van der Waals surface area contributed by atoms with Crippen molar-refractivity contribution in [2.45, 2.75) is 23.4 Å². The maximum Gasteiger partial charge on any atom is 0.210 e. The van der Waals surface area contributed by atoms with Gasteiger partial charge in [-0.25, -0.2) is 0 Å². The van der Waals surface area contributed by atoms with Crippen LogP contribution in [0.2, 0.25) is 0 Å². The van der Waals surface area contributed by atoms with Crippen molar-refractivity contribution in [2.75, 3.05) is 11.9 Å². The Kier molecular flexibility index (Phi) is 5.21. The zero-order valence-electron chi connectivity index (χ0n) is 11.2. The van der Waals surface area contributed by atoms with Gasteiger partial charge in [-0.3, -0.25) is 0 Å². The van der Waals surface area contributed by atoms with Gasteiger partial charge in [0.05, 0.1) is 23.6 Å². The molecule has 7 heteroatoms. The fourth-order valence-electron chi connectivity index (χ4n) is 1.45. The number of hydrogen-bond acceptors (Lipinski definition) is 7. The minimum atomic E-state index is -0.133. The van der Waals surface area contributed by atoms with E-state index < -0.39 is 0 Å². The van der Waals surface area contributed by atoms with E-state index in [1.165, 1.54) is 23.1 Å². The van der Waals surface area contributed by atoms with Crippen molar-refractivity contribution < 1.29 is 4.74 Å². The van der Waals surface area contributed by atoms with Gasteiger partial charge in [-0.15, -0.1) is 10.2 Å². The van der Waals surface area contributed by atoms with Crippen LogP contribution < -0.4 is 10.1 Å². The molecule has 1 unspecified atom stereocenters. The highest BCUT2D eigenvalue weighted by Crippen LogP contribution is 2.32. The summed E-state index contributed by atoms with van der Waals surface area (Å²) in [6.07, 6.45) is 0. The fourth-order valence-corrected chi connectivity index (χ4v) is 3.25. The van der Waals surface area contributed by atoms with Crippen molar-refractivity contribution in [3.05, 3.63) is 24.3 Å². The number of thioether (sulfide) groups is 1. The number of hydrogen-bond donors (Lipinski definition) is 1. The van der Waals surface area contributed by atoms with E-state index in [1.807, 2.05) is 38.1 Å². The lowest BCUT2D eigenvalue weighted by Crippen LogP contribution is -1.97. The Balaban J connectivity index is 2.09. The molecule has 20 heavy (non-hydrogen) atoms. The molecule has 104 valence electrons. The molecule has 1 N–H and O–H groups in total. The van der Waals surface area contributed by atoms with E-state index in [4.69, 9.17) is 10.00 Å². The smallest absolute Gasteiger partial charge is 0.210 e. The lowest BCUT2D eigenvalue weighted by Gasteiger charge is -2.09. The van der Waals surface area contributed by atoms with Crippen LogP contribution in [0.15, 0.2) is 28.6 Å². The Hall–Kier alpha value is -1.78. The molecule has 0 saturated carbocycles. The lowest BCUT2D eigenvalue weighted by atomic mass is 10.3. The predicted octanol–water partition coefficient (Wildman–Crippen LogP) is 3.68. The van der Waals surface area contributed by atoms with E-state index in [1.54, 1.807) is 0 Å². The van der Waals surface area contributed by atoms with Gasteiger partial charge in [0.1, 0.15) is 5.75 Å². The van der Waals surface area contributed by atoms with Crippen LogP contribution in [0.3, 0.4) is 0 Å². The minimum absolute atomic E-state index is 0.133. The summed E-state index contributed by atoms with van der Waals surface area (Å²) in [5, 5.41) is 20.7. The van der Waals surface area contributed by atoms with Crippen LogP contribution in [-0.2, 0) is 0 Å². The summed E-state index contributed by atoms with van der Waals surface area (Å²) in [5.41, 5.74) is 0.857. The number of rotatable bonds is 6. The van der Waals surface area contributed by atoms with Gasteiger partial charge in [0, 0.05) is 0 Å². The number of benzene rings is 1. The largest absolute Gasteiger partial charge is 0.492 e. The van der Waals surface area contributed by atoms with Gasteiger partial charge >= 0.3 is 0 Å². The van der Waals surface area contributed by atoms with Gasteiger partial charge in [-0.2, -0.15) is 5.26 Å². The summed E-state index contributed by atoms with van der Waals surface area (Å²) in [7, 11) is 0.